The first-order valence-corrected chi connectivity index (χ1v) is 11.0. The van der Waals surface area contributed by atoms with Gasteiger partial charge >= 0.3 is 0 Å². The fourth-order valence-corrected chi connectivity index (χ4v) is 5.58. The smallest absolute Gasteiger partial charge is 0.0857 e. The Bertz CT molecular complexity index is 456. The molecule has 4 rings (SSSR count). The van der Waals surface area contributed by atoms with Gasteiger partial charge in [0.2, 0.25) is 0 Å². The van der Waals surface area contributed by atoms with E-state index in [1.165, 1.54) is 96.3 Å². The van der Waals surface area contributed by atoms with Gasteiger partial charge in [-0.05, 0) is 67.9 Å². The molecule has 4 aliphatic rings. The molecule has 3 fully saturated rings. The van der Waals surface area contributed by atoms with Crippen molar-refractivity contribution in [2.24, 2.45) is 17.8 Å². The first-order valence-electron chi connectivity index (χ1n) is 11.0. The van der Waals surface area contributed by atoms with Crippen molar-refractivity contribution in [3.63, 3.8) is 0 Å². The van der Waals surface area contributed by atoms with Crippen molar-refractivity contribution in [3.05, 3.63) is 29.5 Å². The molecule has 1 heteroatoms. The Morgan fingerprint density at radius 2 is 1.04 bits per heavy atom. The zero-order valence-electron chi connectivity index (χ0n) is 15.5. The van der Waals surface area contributed by atoms with Crippen LogP contribution in [-0.4, -0.2) is 0 Å². The van der Waals surface area contributed by atoms with Crippen molar-refractivity contribution in [3.8, 4) is 0 Å². The van der Waals surface area contributed by atoms with Gasteiger partial charge in [-0.15, -0.1) is 0 Å². The van der Waals surface area contributed by atoms with E-state index < -0.39 is 0 Å². The second-order valence-corrected chi connectivity index (χ2v) is 8.83. The van der Waals surface area contributed by atoms with Crippen LogP contribution in [0.5, 0.6) is 0 Å². The molecule has 3 saturated carbocycles. The molecule has 0 saturated heterocycles. The number of hydrogen-bond acceptors (Lipinski definition) is 1. The summed E-state index contributed by atoms with van der Waals surface area (Å²) in [4.78, 5) is 0. The molecule has 0 bridgehead atoms. The van der Waals surface area contributed by atoms with Gasteiger partial charge in [0.25, 0.3) is 0 Å². The molecule has 1 N–H and O–H groups in total. The molecule has 0 aromatic heterocycles. The topological polar surface area (TPSA) is 12.0 Å². The molecule has 0 atom stereocenters. The van der Waals surface area contributed by atoms with Crippen molar-refractivity contribution >= 4 is 0 Å². The van der Waals surface area contributed by atoms with Crippen molar-refractivity contribution < 1.29 is 0 Å². The predicted molar refractivity (Wildman–Crippen MR) is 102 cm³/mol. The third-order valence-electron chi connectivity index (χ3n) is 7.10. The molecule has 1 nitrogen and oxygen atoms in total. The monoisotopic (exact) mass is 326 g/mol. The summed E-state index contributed by atoms with van der Waals surface area (Å²) in [6, 6.07) is 1.60. The molecule has 133 valence electrons. The lowest BCUT2D eigenvalue weighted by Crippen LogP contribution is -2.34. The first kappa shape index (κ1) is 16.7. The second kappa shape index (κ2) is 8.11. The lowest BCUT2D eigenvalue weighted by molar-refractivity contribution is 0.338. The van der Waals surface area contributed by atoms with E-state index in [1.807, 2.05) is 0 Å². The zero-order valence-corrected chi connectivity index (χ0v) is 15.5. The molecular weight excluding hydrogens is 290 g/mol. The normalized spacial score (nSPS) is 29.0. The maximum Gasteiger partial charge on any atom is 0.0857 e. The molecule has 0 amide bonds. The zero-order chi connectivity index (χ0) is 16.2. The summed E-state index contributed by atoms with van der Waals surface area (Å²) in [5.74, 6) is 2.47. The van der Waals surface area contributed by atoms with Crippen LogP contribution in [0.4, 0.5) is 0 Å². The van der Waals surface area contributed by atoms with Crippen LogP contribution in [0.2, 0.25) is 0 Å². The Morgan fingerprint density at radius 3 is 1.62 bits per heavy atom. The number of rotatable bonds is 3. The van der Waals surface area contributed by atoms with E-state index in [0.29, 0.717) is 0 Å². The average molecular weight is 327 g/mol. The molecule has 0 aromatic carbocycles. The molecule has 0 aromatic rings. The van der Waals surface area contributed by atoms with Crippen molar-refractivity contribution in [2.75, 3.05) is 0 Å². The van der Waals surface area contributed by atoms with Crippen LogP contribution >= 0.6 is 0 Å². The summed E-state index contributed by atoms with van der Waals surface area (Å²) in [6.45, 7) is 0. The van der Waals surface area contributed by atoms with Gasteiger partial charge in [0.05, 0.1) is 6.04 Å². The molecule has 0 unspecified atom stereocenters. The van der Waals surface area contributed by atoms with Crippen LogP contribution in [0.25, 0.3) is 0 Å². The van der Waals surface area contributed by atoms with E-state index in [-0.39, 0.29) is 0 Å². The highest BCUT2D eigenvalue weighted by molar-refractivity contribution is 5.38. The molecule has 1 radical (unpaired) electrons. The third kappa shape index (κ3) is 3.92. The maximum absolute atomic E-state index is 3.96. The van der Waals surface area contributed by atoms with Gasteiger partial charge in [0.15, 0.2) is 0 Å². The van der Waals surface area contributed by atoms with E-state index >= 15 is 0 Å². The summed E-state index contributed by atoms with van der Waals surface area (Å²) in [7, 11) is 0. The van der Waals surface area contributed by atoms with Gasteiger partial charge in [0.1, 0.15) is 0 Å². The van der Waals surface area contributed by atoms with Crippen molar-refractivity contribution in [1.29, 1.82) is 0 Å². The third-order valence-corrected chi connectivity index (χ3v) is 7.10. The summed E-state index contributed by atoms with van der Waals surface area (Å²) in [6.07, 6.45) is 26.7. The summed E-state index contributed by atoms with van der Waals surface area (Å²) < 4.78 is 0. The van der Waals surface area contributed by atoms with Crippen molar-refractivity contribution in [1.82, 2.24) is 5.32 Å². The molecule has 1 heterocycles. The van der Waals surface area contributed by atoms with Crippen LogP contribution in [0.3, 0.4) is 0 Å². The fourth-order valence-electron chi connectivity index (χ4n) is 5.58. The second-order valence-electron chi connectivity index (χ2n) is 8.83. The molecule has 1 aliphatic heterocycles. The Labute approximate surface area is 149 Å². The lowest BCUT2D eigenvalue weighted by Gasteiger charge is -2.37. The van der Waals surface area contributed by atoms with Gasteiger partial charge in [-0.1, -0.05) is 63.9 Å². The minimum atomic E-state index is 0.810. The summed E-state index contributed by atoms with van der Waals surface area (Å²) in [5, 5.41) is 3.96. The van der Waals surface area contributed by atoms with E-state index in [9.17, 15) is 0 Å². The van der Waals surface area contributed by atoms with Gasteiger partial charge < -0.3 is 5.32 Å². The lowest BCUT2D eigenvalue weighted by atomic mass is 9.76. The van der Waals surface area contributed by atoms with Crippen LogP contribution < -0.4 is 5.32 Å². The van der Waals surface area contributed by atoms with Crippen LogP contribution in [0.1, 0.15) is 96.3 Å². The first-order chi connectivity index (χ1) is 11.9. The van der Waals surface area contributed by atoms with Crippen LogP contribution in [-0.2, 0) is 0 Å². The van der Waals surface area contributed by atoms with Gasteiger partial charge in [0, 0.05) is 5.70 Å². The highest BCUT2D eigenvalue weighted by Gasteiger charge is 2.31. The number of dihydropyridines is 1. The van der Waals surface area contributed by atoms with Crippen LogP contribution in [0.15, 0.2) is 23.4 Å². The minimum absolute atomic E-state index is 0.810. The largest absolute Gasteiger partial charge is 0.376 e. The molecule has 0 spiro atoms. The number of nitrogens with one attached hydrogen (secondary N) is 1. The SMILES string of the molecule is C1=C(C2CCCCC2)C=C(C2CCCCC2)N[C]1C1CCCCC1. The van der Waals surface area contributed by atoms with Crippen LogP contribution in [0, 0.1) is 23.8 Å². The van der Waals surface area contributed by atoms with Gasteiger partial charge in [-0.3, -0.25) is 0 Å². The highest BCUT2D eigenvalue weighted by Crippen LogP contribution is 2.40. The Hall–Kier alpha value is -0.720. The van der Waals surface area contributed by atoms with Gasteiger partial charge in [-0.2, -0.15) is 0 Å². The van der Waals surface area contributed by atoms with E-state index in [0.717, 1.165) is 17.8 Å². The predicted octanol–water partition coefficient (Wildman–Crippen LogP) is 6.67. The molecule has 24 heavy (non-hydrogen) atoms. The van der Waals surface area contributed by atoms with E-state index in [1.54, 1.807) is 17.3 Å². The average Bonchev–Trinajstić information content (AvgIpc) is 2.70. The standard InChI is InChI=1S/C23H36N/c1-4-10-18(11-5-1)21-16-22(19-12-6-2-7-13-19)24-23(17-21)20-14-8-3-9-15-20/h16-20,24H,1-15H2. The Kier molecular flexibility index (Phi) is 5.65. The van der Waals surface area contributed by atoms with E-state index in [2.05, 4.69) is 17.5 Å². The maximum atomic E-state index is 3.96. The number of allylic oxidation sites excluding steroid dienone is 3. The molecule has 3 aliphatic carbocycles. The Morgan fingerprint density at radius 1 is 0.542 bits per heavy atom. The quantitative estimate of drug-likeness (QED) is 0.610. The van der Waals surface area contributed by atoms with Gasteiger partial charge in [-0.25, -0.2) is 0 Å². The number of hydrogen-bond donors (Lipinski definition) is 1. The Balaban J connectivity index is 1.54. The minimum Gasteiger partial charge on any atom is -0.376 e. The summed E-state index contributed by atoms with van der Waals surface area (Å²) in [5.41, 5.74) is 3.29. The molecular formula is C23H36N. The van der Waals surface area contributed by atoms with Crippen molar-refractivity contribution in [2.45, 2.75) is 96.3 Å². The van der Waals surface area contributed by atoms with E-state index in [4.69, 9.17) is 0 Å². The fraction of sp³-hybridized carbons (Fsp3) is 0.783. The highest BCUT2D eigenvalue weighted by atomic mass is 14.9. The summed E-state index contributed by atoms with van der Waals surface area (Å²) >= 11 is 0.